The van der Waals surface area contributed by atoms with Gasteiger partial charge in [0.25, 0.3) is 0 Å². The van der Waals surface area contributed by atoms with Crippen LogP contribution in [-0.2, 0) is 0 Å². The number of fused-ring (bicyclic) bond motifs is 2. The van der Waals surface area contributed by atoms with E-state index in [9.17, 15) is 0 Å². The zero-order valence-electron chi connectivity index (χ0n) is 14.8. The Morgan fingerprint density at radius 1 is 0.920 bits per heavy atom. The molecule has 2 heterocycles. The maximum Gasteiger partial charge on any atom is 0.171 e. The van der Waals surface area contributed by atoms with Crippen molar-refractivity contribution in [2.45, 2.75) is 82.0 Å². The number of quaternary nitrogens is 1. The van der Waals surface area contributed by atoms with Crippen LogP contribution in [0.4, 0.5) is 5.69 Å². The van der Waals surface area contributed by atoms with Crippen molar-refractivity contribution in [3.63, 3.8) is 0 Å². The summed E-state index contributed by atoms with van der Waals surface area (Å²) in [6, 6.07) is 10.9. The van der Waals surface area contributed by atoms with E-state index < -0.39 is 0 Å². The van der Waals surface area contributed by atoms with E-state index in [-0.39, 0.29) is 0 Å². The maximum absolute atomic E-state index is 5.95. The average Bonchev–Trinajstić information content (AvgIpc) is 3.10. The van der Waals surface area contributed by atoms with Crippen LogP contribution in [0.3, 0.4) is 0 Å². The van der Waals surface area contributed by atoms with Gasteiger partial charge in [0.15, 0.2) is 5.11 Å². The number of rotatable bonds is 3. The van der Waals surface area contributed by atoms with Crippen LogP contribution in [0, 0.1) is 0 Å². The topological polar surface area (TPSA) is 28.5 Å². The Morgan fingerprint density at radius 3 is 2.16 bits per heavy atom. The van der Waals surface area contributed by atoms with Gasteiger partial charge in [-0.1, -0.05) is 11.6 Å². The third-order valence-corrected chi connectivity index (χ3v) is 6.92. The van der Waals surface area contributed by atoms with Gasteiger partial charge in [-0.25, -0.2) is 0 Å². The van der Waals surface area contributed by atoms with Gasteiger partial charge in [0.05, 0.1) is 18.1 Å². The molecule has 1 aromatic carbocycles. The van der Waals surface area contributed by atoms with Crippen molar-refractivity contribution < 1.29 is 4.90 Å². The van der Waals surface area contributed by atoms with E-state index in [0.29, 0.717) is 6.04 Å². The maximum atomic E-state index is 5.95. The van der Waals surface area contributed by atoms with E-state index in [2.05, 4.69) is 10.6 Å². The summed E-state index contributed by atoms with van der Waals surface area (Å²) in [6.45, 7) is 0. The molecule has 3 aliphatic rings. The van der Waals surface area contributed by atoms with Crippen molar-refractivity contribution in [2.24, 2.45) is 0 Å². The lowest BCUT2D eigenvalue weighted by Crippen LogP contribution is -3.24. The third-order valence-electron chi connectivity index (χ3n) is 6.45. The predicted molar refractivity (Wildman–Crippen MR) is 108 cm³/mol. The zero-order chi connectivity index (χ0) is 17.2. The minimum atomic E-state index is 0.521. The highest BCUT2D eigenvalue weighted by molar-refractivity contribution is 7.80. The van der Waals surface area contributed by atoms with Crippen molar-refractivity contribution in [3.8, 4) is 0 Å². The first-order chi connectivity index (χ1) is 12.2. The highest BCUT2D eigenvalue weighted by Crippen LogP contribution is 2.26. The van der Waals surface area contributed by atoms with Crippen LogP contribution in [0.5, 0.6) is 0 Å². The highest BCUT2D eigenvalue weighted by atomic mass is 35.5. The zero-order valence-corrected chi connectivity index (χ0v) is 16.3. The molecule has 2 aliphatic heterocycles. The molecule has 0 amide bonds. The Morgan fingerprint density at radius 2 is 1.52 bits per heavy atom. The summed E-state index contributed by atoms with van der Waals surface area (Å²) in [7, 11) is 0. The molecular weight excluding hydrogens is 350 g/mol. The lowest BCUT2D eigenvalue weighted by Gasteiger charge is -2.48. The molecular formula is C20H29ClN3S+. The van der Waals surface area contributed by atoms with Gasteiger partial charge < -0.3 is 15.5 Å². The van der Waals surface area contributed by atoms with Crippen molar-refractivity contribution in [3.05, 3.63) is 29.3 Å². The number of anilines is 1. The lowest BCUT2D eigenvalue weighted by molar-refractivity contribution is -0.982. The molecule has 3 nitrogen and oxygen atoms in total. The van der Waals surface area contributed by atoms with Crippen molar-refractivity contribution in [2.75, 3.05) is 5.32 Å². The fraction of sp³-hybridized carbons (Fsp3) is 0.650. The van der Waals surface area contributed by atoms with Crippen LogP contribution in [0.15, 0.2) is 24.3 Å². The quantitative estimate of drug-likeness (QED) is 0.702. The average molecular weight is 379 g/mol. The van der Waals surface area contributed by atoms with Crippen molar-refractivity contribution >= 4 is 34.6 Å². The van der Waals surface area contributed by atoms with Crippen molar-refractivity contribution in [1.82, 2.24) is 5.32 Å². The molecule has 0 aromatic heterocycles. The molecule has 2 bridgehead atoms. The number of halogens is 1. The molecule has 0 spiro atoms. The minimum Gasteiger partial charge on any atom is -0.359 e. The fourth-order valence-corrected chi connectivity index (χ4v) is 5.91. The van der Waals surface area contributed by atoms with Gasteiger partial charge in [0, 0.05) is 29.6 Å². The van der Waals surface area contributed by atoms with Crippen LogP contribution in [-0.4, -0.2) is 29.3 Å². The molecule has 5 heteroatoms. The van der Waals surface area contributed by atoms with Crippen LogP contribution in [0.2, 0.25) is 5.02 Å². The van der Waals surface area contributed by atoms with Gasteiger partial charge in [-0.15, -0.1) is 0 Å². The predicted octanol–water partition coefficient (Wildman–Crippen LogP) is 3.54. The number of nitrogens with one attached hydrogen (secondary N) is 3. The lowest BCUT2D eigenvalue weighted by atomic mass is 9.80. The first kappa shape index (κ1) is 17.6. The second-order valence-corrected chi connectivity index (χ2v) is 8.92. The van der Waals surface area contributed by atoms with Crippen LogP contribution < -0.4 is 15.5 Å². The van der Waals surface area contributed by atoms with Gasteiger partial charge >= 0.3 is 0 Å². The van der Waals surface area contributed by atoms with Gasteiger partial charge in [-0.3, -0.25) is 0 Å². The molecule has 2 atom stereocenters. The van der Waals surface area contributed by atoms with Crippen LogP contribution >= 0.6 is 23.8 Å². The van der Waals surface area contributed by atoms with E-state index in [1.165, 1.54) is 57.8 Å². The normalized spacial score (nSPS) is 32.4. The standard InChI is InChI=1S/C20H28ClN3S/c21-14-8-10-15(11-9-14)22-20(25)23-16-12-18-6-3-7-19(13-16)24(18)17-4-1-2-5-17/h8-11,16-19H,1-7,12-13H2,(H2,22,23,25)/p+1/t18-,19-/m1/s1. The molecule has 136 valence electrons. The molecule has 4 rings (SSSR count). The highest BCUT2D eigenvalue weighted by Gasteiger charge is 2.45. The Bertz CT molecular complexity index is 585. The van der Waals surface area contributed by atoms with Crippen LogP contribution in [0.1, 0.15) is 57.8 Å². The summed E-state index contributed by atoms with van der Waals surface area (Å²) in [5.41, 5.74) is 0.996. The molecule has 1 aromatic rings. The molecule has 3 fully saturated rings. The van der Waals surface area contributed by atoms with E-state index in [1.54, 1.807) is 0 Å². The summed E-state index contributed by atoms with van der Waals surface area (Å²) in [5, 5.41) is 8.39. The summed E-state index contributed by atoms with van der Waals surface area (Å²) < 4.78 is 0. The van der Waals surface area contributed by atoms with Gasteiger partial charge in [-0.2, -0.15) is 0 Å². The van der Waals surface area contributed by atoms with E-state index in [1.807, 2.05) is 29.2 Å². The molecule has 25 heavy (non-hydrogen) atoms. The summed E-state index contributed by atoms with van der Waals surface area (Å²) in [6.07, 6.45) is 12.6. The number of hydrogen-bond acceptors (Lipinski definition) is 1. The minimum absolute atomic E-state index is 0.521. The first-order valence-corrected chi connectivity index (χ1v) is 10.7. The van der Waals surface area contributed by atoms with Gasteiger partial charge in [0.1, 0.15) is 0 Å². The van der Waals surface area contributed by atoms with Crippen molar-refractivity contribution in [1.29, 1.82) is 0 Å². The molecule has 0 radical (unpaired) electrons. The molecule has 3 N–H and O–H groups in total. The third kappa shape index (κ3) is 4.12. The Labute approximate surface area is 161 Å². The Balaban J connectivity index is 1.34. The Hall–Kier alpha value is -0.840. The molecule has 1 aliphatic carbocycles. The molecule has 0 unspecified atom stereocenters. The Kier molecular flexibility index (Phi) is 5.49. The van der Waals surface area contributed by atoms with Crippen LogP contribution in [0.25, 0.3) is 0 Å². The summed E-state index contributed by atoms with van der Waals surface area (Å²) >= 11 is 11.5. The summed E-state index contributed by atoms with van der Waals surface area (Å²) in [5.74, 6) is 0. The fourth-order valence-electron chi connectivity index (χ4n) is 5.50. The summed E-state index contributed by atoms with van der Waals surface area (Å²) in [4.78, 5) is 1.96. The smallest absolute Gasteiger partial charge is 0.171 e. The van der Waals surface area contributed by atoms with E-state index in [0.717, 1.165) is 33.9 Å². The monoisotopic (exact) mass is 378 g/mol. The largest absolute Gasteiger partial charge is 0.359 e. The number of thiocarbonyl (C=S) groups is 1. The number of piperidine rings is 2. The SMILES string of the molecule is S=C(Nc1ccc(Cl)cc1)NC1C[C@H]2CCC[C@H](C1)[NH+]2C1CCCC1. The van der Waals surface area contributed by atoms with E-state index in [4.69, 9.17) is 23.8 Å². The number of hydrogen-bond donors (Lipinski definition) is 3. The second kappa shape index (κ2) is 7.81. The molecule has 2 saturated heterocycles. The second-order valence-electron chi connectivity index (χ2n) is 8.08. The number of benzene rings is 1. The first-order valence-electron chi connectivity index (χ1n) is 9.89. The van der Waals surface area contributed by atoms with Gasteiger partial charge in [-0.05, 0) is 81.4 Å². The van der Waals surface area contributed by atoms with Gasteiger partial charge in [0.2, 0.25) is 0 Å². The van der Waals surface area contributed by atoms with E-state index >= 15 is 0 Å². The molecule has 1 saturated carbocycles.